The lowest BCUT2D eigenvalue weighted by Gasteiger charge is -2.40. The highest BCUT2D eigenvalue weighted by atomic mass is 16.5. The number of hydrogen-bond acceptors (Lipinski definition) is 8. The van der Waals surface area contributed by atoms with Crippen molar-refractivity contribution in [1.29, 1.82) is 0 Å². The lowest BCUT2D eigenvalue weighted by molar-refractivity contribution is -0.170. The second-order valence-corrected chi connectivity index (χ2v) is 8.40. The second kappa shape index (κ2) is 7.31. The molecule has 2 aromatic heterocycles. The number of nitrogens with one attached hydrogen (secondary N) is 1. The fourth-order valence-electron chi connectivity index (χ4n) is 3.98. The number of anilines is 3. The summed E-state index contributed by atoms with van der Waals surface area (Å²) in [5.74, 6) is -0.569. The van der Waals surface area contributed by atoms with Gasteiger partial charge in [0.25, 0.3) is 11.8 Å². The summed E-state index contributed by atoms with van der Waals surface area (Å²) < 4.78 is 12.7. The molecule has 5 rings (SSSR count). The van der Waals surface area contributed by atoms with Crippen molar-refractivity contribution in [2.45, 2.75) is 44.4 Å². The lowest BCUT2D eigenvalue weighted by atomic mass is 9.94. The summed E-state index contributed by atoms with van der Waals surface area (Å²) in [6.07, 6.45) is 0.393. The van der Waals surface area contributed by atoms with Crippen molar-refractivity contribution < 1.29 is 24.0 Å². The second-order valence-electron chi connectivity index (χ2n) is 8.40. The first kappa shape index (κ1) is 20.5. The Morgan fingerprint density at radius 2 is 2.16 bits per heavy atom. The topological polar surface area (TPSA) is 149 Å². The number of amides is 2. The van der Waals surface area contributed by atoms with E-state index in [4.69, 9.17) is 15.0 Å². The molecule has 1 saturated carbocycles. The number of aryl methyl sites for hydroxylation is 1. The predicted octanol–water partition coefficient (Wildman–Crippen LogP) is 1.37. The Morgan fingerprint density at radius 1 is 1.38 bits per heavy atom. The van der Waals surface area contributed by atoms with Crippen molar-refractivity contribution in [3.63, 3.8) is 0 Å². The number of fused-ring (bicyclic) bond motifs is 1. The molecule has 3 aromatic rings. The fourth-order valence-corrected chi connectivity index (χ4v) is 3.98. The maximum absolute atomic E-state index is 13.3. The minimum atomic E-state index is -1.76. The SMILES string of the molecule is Cc1cc(N2CCO[C@](C)(C(O)C(=O)Nc3ccc4c(N)noc4c3)C2=O)nn1C1CC1. The number of benzene rings is 1. The third-order valence-electron chi connectivity index (χ3n) is 6.00. The standard InChI is InChI=1S/C21H24N6O5/c1-11-9-16(24-27(11)13-4-5-13)26-7-8-31-21(2,20(26)30)17(28)19(29)23-12-3-6-14-15(10-12)32-25-18(14)22/h3,6,9-10,13,17,28H,4-5,7-8H2,1-2H3,(H2,22,25)(H,23,29)/t17?,21-/m1/s1. The Morgan fingerprint density at radius 3 is 2.91 bits per heavy atom. The van der Waals surface area contributed by atoms with Gasteiger partial charge in [-0.25, -0.2) is 0 Å². The number of carbonyl (C=O) groups is 2. The first-order valence-electron chi connectivity index (χ1n) is 10.4. The van der Waals surface area contributed by atoms with E-state index in [0.29, 0.717) is 28.5 Å². The molecule has 1 aliphatic carbocycles. The van der Waals surface area contributed by atoms with Crippen molar-refractivity contribution >= 4 is 40.1 Å². The summed E-state index contributed by atoms with van der Waals surface area (Å²) in [7, 11) is 0. The van der Waals surface area contributed by atoms with Crippen LogP contribution < -0.4 is 16.0 Å². The van der Waals surface area contributed by atoms with Gasteiger partial charge in [-0.15, -0.1) is 0 Å². The largest absolute Gasteiger partial charge is 0.380 e. The Labute approximate surface area is 183 Å². The number of carbonyl (C=O) groups excluding carboxylic acids is 2. The van der Waals surface area contributed by atoms with Gasteiger partial charge in [-0.05, 0) is 38.8 Å². The highest BCUT2D eigenvalue weighted by Gasteiger charge is 2.51. The molecular formula is C21H24N6O5. The molecule has 1 saturated heterocycles. The molecule has 0 spiro atoms. The summed E-state index contributed by atoms with van der Waals surface area (Å²) in [5, 5.41) is 22.2. The van der Waals surface area contributed by atoms with Gasteiger partial charge in [0.1, 0.15) is 0 Å². The quantitative estimate of drug-likeness (QED) is 0.539. The highest BCUT2D eigenvalue weighted by Crippen LogP contribution is 2.37. The van der Waals surface area contributed by atoms with Gasteiger partial charge in [0.15, 0.2) is 28.9 Å². The third kappa shape index (κ3) is 3.30. The normalized spacial score (nSPS) is 22.3. The molecule has 1 aliphatic heterocycles. The van der Waals surface area contributed by atoms with E-state index in [1.807, 2.05) is 17.7 Å². The number of morpholine rings is 1. The Bertz CT molecular complexity index is 1210. The molecule has 0 radical (unpaired) electrons. The molecule has 2 aliphatic rings. The summed E-state index contributed by atoms with van der Waals surface area (Å²) in [5.41, 5.74) is 5.65. The Hall–Kier alpha value is -3.44. The number of aliphatic hydroxyl groups is 1. The molecule has 168 valence electrons. The first-order valence-corrected chi connectivity index (χ1v) is 10.4. The van der Waals surface area contributed by atoms with Crippen molar-refractivity contribution in [1.82, 2.24) is 14.9 Å². The zero-order valence-electron chi connectivity index (χ0n) is 17.7. The van der Waals surface area contributed by atoms with E-state index < -0.39 is 23.5 Å². The van der Waals surface area contributed by atoms with E-state index >= 15 is 0 Å². The van der Waals surface area contributed by atoms with Crippen molar-refractivity contribution in [3.05, 3.63) is 30.0 Å². The number of aromatic nitrogens is 3. The summed E-state index contributed by atoms with van der Waals surface area (Å²) in [6.45, 7) is 3.80. The number of nitrogens with two attached hydrogens (primary N) is 1. The summed E-state index contributed by atoms with van der Waals surface area (Å²) in [6, 6.07) is 7.00. The van der Waals surface area contributed by atoms with Crippen LogP contribution in [0.25, 0.3) is 11.0 Å². The van der Waals surface area contributed by atoms with Crippen LogP contribution in [0, 0.1) is 6.92 Å². The molecule has 4 N–H and O–H groups in total. The third-order valence-corrected chi connectivity index (χ3v) is 6.00. The molecule has 2 atom stereocenters. The van der Waals surface area contributed by atoms with Crippen LogP contribution in [-0.2, 0) is 14.3 Å². The van der Waals surface area contributed by atoms with E-state index in [2.05, 4.69) is 15.6 Å². The zero-order valence-corrected chi connectivity index (χ0v) is 17.7. The smallest absolute Gasteiger partial charge is 0.263 e. The molecule has 2 fully saturated rings. The van der Waals surface area contributed by atoms with Gasteiger partial charge in [0.2, 0.25) is 0 Å². The van der Waals surface area contributed by atoms with E-state index in [9.17, 15) is 14.7 Å². The zero-order chi connectivity index (χ0) is 22.6. The summed E-state index contributed by atoms with van der Waals surface area (Å²) >= 11 is 0. The number of nitrogen functional groups attached to an aromatic ring is 1. The van der Waals surface area contributed by atoms with Crippen LogP contribution in [0.4, 0.5) is 17.3 Å². The van der Waals surface area contributed by atoms with Gasteiger partial charge < -0.3 is 25.4 Å². The fraction of sp³-hybridized carbons (Fsp3) is 0.429. The molecular weight excluding hydrogens is 416 g/mol. The number of nitrogens with zero attached hydrogens (tertiary/aromatic N) is 4. The van der Waals surface area contributed by atoms with E-state index in [1.54, 1.807) is 12.1 Å². The minimum absolute atomic E-state index is 0.158. The van der Waals surface area contributed by atoms with Gasteiger partial charge in [-0.1, -0.05) is 5.16 Å². The molecule has 1 unspecified atom stereocenters. The number of hydrogen-bond donors (Lipinski definition) is 3. The van der Waals surface area contributed by atoms with Crippen LogP contribution in [-0.4, -0.2) is 56.7 Å². The average molecular weight is 440 g/mol. The first-order chi connectivity index (χ1) is 15.3. The van der Waals surface area contributed by atoms with E-state index in [0.717, 1.165) is 18.5 Å². The van der Waals surface area contributed by atoms with Gasteiger partial charge in [-0.3, -0.25) is 19.2 Å². The maximum Gasteiger partial charge on any atom is 0.263 e. The minimum Gasteiger partial charge on any atom is -0.380 e. The molecule has 3 heterocycles. The van der Waals surface area contributed by atoms with E-state index in [1.165, 1.54) is 17.9 Å². The van der Waals surface area contributed by atoms with Crippen LogP contribution in [0.1, 0.15) is 31.5 Å². The van der Waals surface area contributed by atoms with Crippen molar-refractivity contribution in [2.75, 3.05) is 29.1 Å². The Balaban J connectivity index is 1.35. The van der Waals surface area contributed by atoms with Gasteiger partial charge >= 0.3 is 0 Å². The number of ether oxygens (including phenoxy) is 1. The van der Waals surface area contributed by atoms with Gasteiger partial charge in [0, 0.05) is 23.5 Å². The Kier molecular flexibility index (Phi) is 4.68. The molecule has 0 bridgehead atoms. The number of rotatable bonds is 5. The van der Waals surface area contributed by atoms with Crippen LogP contribution in [0.3, 0.4) is 0 Å². The number of aliphatic hydroxyl groups excluding tert-OH is 1. The van der Waals surface area contributed by atoms with Crippen molar-refractivity contribution in [3.8, 4) is 0 Å². The van der Waals surface area contributed by atoms with Gasteiger partial charge in [0.05, 0.1) is 24.6 Å². The molecule has 1 aromatic carbocycles. The van der Waals surface area contributed by atoms with Gasteiger partial charge in [-0.2, -0.15) is 5.10 Å². The summed E-state index contributed by atoms with van der Waals surface area (Å²) in [4.78, 5) is 27.6. The maximum atomic E-state index is 13.3. The highest BCUT2D eigenvalue weighted by molar-refractivity contribution is 6.06. The molecule has 11 heteroatoms. The lowest BCUT2D eigenvalue weighted by Crippen LogP contribution is -2.63. The van der Waals surface area contributed by atoms with Crippen LogP contribution in [0.5, 0.6) is 0 Å². The molecule has 11 nitrogen and oxygen atoms in total. The van der Waals surface area contributed by atoms with E-state index in [-0.39, 0.29) is 19.0 Å². The molecule has 32 heavy (non-hydrogen) atoms. The van der Waals surface area contributed by atoms with Crippen molar-refractivity contribution in [2.24, 2.45) is 0 Å². The van der Waals surface area contributed by atoms with Crippen LogP contribution in [0.15, 0.2) is 28.8 Å². The predicted molar refractivity (Wildman–Crippen MR) is 115 cm³/mol. The molecule has 2 amide bonds. The van der Waals surface area contributed by atoms with Crippen LogP contribution in [0.2, 0.25) is 0 Å². The van der Waals surface area contributed by atoms with Crippen LogP contribution >= 0.6 is 0 Å². The monoisotopic (exact) mass is 440 g/mol. The average Bonchev–Trinajstić information content (AvgIpc) is 3.45.